The standard InChI is InChI=1S/C19H15F2NO/c1-13-7-6-12-22(19(13)23)18(14-8-2-4-10-16(14)20)15-9-3-5-11-17(15)21/h2-12,18H,1H3. The lowest BCUT2D eigenvalue weighted by Gasteiger charge is -2.22. The average molecular weight is 311 g/mol. The minimum absolute atomic E-state index is 0.255. The van der Waals surface area contributed by atoms with Crippen LogP contribution in [0.4, 0.5) is 8.78 Å². The van der Waals surface area contributed by atoms with Crippen LogP contribution in [0.2, 0.25) is 0 Å². The number of aromatic nitrogens is 1. The van der Waals surface area contributed by atoms with E-state index in [1.165, 1.54) is 16.7 Å². The number of halogens is 2. The van der Waals surface area contributed by atoms with E-state index >= 15 is 0 Å². The predicted octanol–water partition coefficient (Wildman–Crippen LogP) is 4.07. The Morgan fingerprint density at radius 3 is 1.87 bits per heavy atom. The van der Waals surface area contributed by atoms with E-state index in [0.717, 1.165) is 0 Å². The van der Waals surface area contributed by atoms with Gasteiger partial charge in [-0.2, -0.15) is 0 Å². The fraction of sp³-hybridized carbons (Fsp3) is 0.105. The fourth-order valence-electron chi connectivity index (χ4n) is 2.69. The molecule has 0 radical (unpaired) electrons. The Bertz CT molecular complexity index is 856. The maximum Gasteiger partial charge on any atom is 0.254 e. The summed E-state index contributed by atoms with van der Waals surface area (Å²) in [5.41, 5.74) is 0.754. The normalized spacial score (nSPS) is 11.0. The van der Waals surface area contributed by atoms with Crippen LogP contribution in [-0.2, 0) is 0 Å². The molecule has 3 aromatic rings. The highest BCUT2D eigenvalue weighted by Crippen LogP contribution is 2.29. The van der Waals surface area contributed by atoms with Crippen molar-refractivity contribution < 1.29 is 8.78 Å². The largest absolute Gasteiger partial charge is 0.303 e. The number of nitrogens with zero attached hydrogens (tertiary/aromatic N) is 1. The second-order valence-electron chi connectivity index (χ2n) is 5.35. The molecule has 0 aliphatic heterocycles. The number of hydrogen-bond acceptors (Lipinski definition) is 1. The molecule has 0 bridgehead atoms. The van der Waals surface area contributed by atoms with Crippen LogP contribution in [0.15, 0.2) is 71.7 Å². The molecule has 1 aromatic heterocycles. The molecule has 0 saturated heterocycles. The van der Waals surface area contributed by atoms with Gasteiger partial charge in [0.05, 0.1) is 6.04 Å². The molecule has 0 fully saturated rings. The molecule has 3 rings (SSSR count). The lowest BCUT2D eigenvalue weighted by molar-refractivity contribution is 0.534. The van der Waals surface area contributed by atoms with Crippen molar-refractivity contribution in [2.75, 3.05) is 0 Å². The van der Waals surface area contributed by atoms with E-state index in [1.54, 1.807) is 61.7 Å². The monoisotopic (exact) mass is 311 g/mol. The molecule has 0 amide bonds. The van der Waals surface area contributed by atoms with Gasteiger partial charge in [0, 0.05) is 22.9 Å². The zero-order valence-corrected chi connectivity index (χ0v) is 12.5. The van der Waals surface area contributed by atoms with Gasteiger partial charge in [-0.15, -0.1) is 0 Å². The zero-order chi connectivity index (χ0) is 16.4. The van der Waals surface area contributed by atoms with Crippen LogP contribution >= 0.6 is 0 Å². The molecule has 0 atom stereocenters. The first-order valence-corrected chi connectivity index (χ1v) is 7.26. The maximum atomic E-state index is 14.3. The van der Waals surface area contributed by atoms with E-state index in [0.29, 0.717) is 5.56 Å². The zero-order valence-electron chi connectivity index (χ0n) is 12.5. The van der Waals surface area contributed by atoms with Gasteiger partial charge < -0.3 is 4.57 Å². The van der Waals surface area contributed by atoms with Gasteiger partial charge in [-0.05, 0) is 25.1 Å². The molecule has 0 unspecified atom stereocenters. The van der Waals surface area contributed by atoms with Gasteiger partial charge in [0.2, 0.25) is 0 Å². The molecular formula is C19H15F2NO. The first kappa shape index (κ1) is 15.2. The Morgan fingerprint density at radius 1 is 0.826 bits per heavy atom. The van der Waals surface area contributed by atoms with Crippen molar-refractivity contribution in [1.82, 2.24) is 4.57 Å². The molecule has 1 heterocycles. The highest BCUT2D eigenvalue weighted by molar-refractivity contribution is 5.35. The third kappa shape index (κ3) is 2.80. The summed E-state index contributed by atoms with van der Waals surface area (Å²) >= 11 is 0. The molecule has 4 heteroatoms. The summed E-state index contributed by atoms with van der Waals surface area (Å²) in [5.74, 6) is -0.955. The second-order valence-corrected chi connectivity index (χ2v) is 5.35. The summed E-state index contributed by atoms with van der Waals surface area (Å²) in [7, 11) is 0. The predicted molar refractivity (Wildman–Crippen MR) is 85.5 cm³/mol. The van der Waals surface area contributed by atoms with E-state index in [1.807, 2.05) is 0 Å². The molecule has 2 aromatic carbocycles. The van der Waals surface area contributed by atoms with Crippen molar-refractivity contribution in [3.8, 4) is 0 Å². The van der Waals surface area contributed by atoms with Crippen LogP contribution in [0.3, 0.4) is 0 Å². The average Bonchev–Trinajstić information content (AvgIpc) is 2.55. The van der Waals surface area contributed by atoms with Gasteiger partial charge in [0.1, 0.15) is 11.6 Å². The van der Waals surface area contributed by atoms with Gasteiger partial charge in [-0.1, -0.05) is 42.5 Å². The van der Waals surface area contributed by atoms with Crippen LogP contribution in [0, 0.1) is 18.6 Å². The summed E-state index contributed by atoms with van der Waals surface area (Å²) in [6.07, 6.45) is 1.55. The van der Waals surface area contributed by atoms with Crippen LogP contribution in [0.25, 0.3) is 0 Å². The summed E-state index contributed by atoms with van der Waals surface area (Å²) in [6.45, 7) is 1.68. The number of rotatable bonds is 3. The van der Waals surface area contributed by atoms with Crippen molar-refractivity contribution in [2.24, 2.45) is 0 Å². The first-order chi connectivity index (χ1) is 11.1. The van der Waals surface area contributed by atoms with Gasteiger partial charge in [-0.3, -0.25) is 4.79 Å². The highest BCUT2D eigenvalue weighted by atomic mass is 19.1. The summed E-state index contributed by atoms with van der Waals surface area (Å²) in [4.78, 5) is 12.5. The van der Waals surface area contributed by atoms with Crippen LogP contribution in [0.5, 0.6) is 0 Å². The molecule has 0 saturated carbocycles. The summed E-state index contributed by atoms with van der Waals surface area (Å²) < 4.78 is 30.0. The van der Waals surface area contributed by atoms with Crippen molar-refractivity contribution >= 4 is 0 Å². The topological polar surface area (TPSA) is 22.0 Å². The molecular weight excluding hydrogens is 296 g/mol. The molecule has 23 heavy (non-hydrogen) atoms. The minimum atomic E-state index is -0.857. The lowest BCUT2D eigenvalue weighted by atomic mass is 9.97. The van der Waals surface area contributed by atoms with E-state index in [9.17, 15) is 13.6 Å². The minimum Gasteiger partial charge on any atom is -0.303 e. The van der Waals surface area contributed by atoms with Gasteiger partial charge in [0.15, 0.2) is 0 Å². The number of hydrogen-bond donors (Lipinski definition) is 0. The number of pyridine rings is 1. The molecule has 0 N–H and O–H groups in total. The van der Waals surface area contributed by atoms with Crippen molar-refractivity contribution in [1.29, 1.82) is 0 Å². The van der Waals surface area contributed by atoms with Crippen molar-refractivity contribution in [3.63, 3.8) is 0 Å². The first-order valence-electron chi connectivity index (χ1n) is 7.26. The Kier molecular flexibility index (Phi) is 4.06. The lowest BCUT2D eigenvalue weighted by Crippen LogP contribution is -2.28. The maximum absolute atomic E-state index is 14.3. The molecule has 0 spiro atoms. The highest BCUT2D eigenvalue weighted by Gasteiger charge is 2.23. The molecule has 2 nitrogen and oxygen atoms in total. The molecule has 0 aliphatic carbocycles. The van der Waals surface area contributed by atoms with E-state index < -0.39 is 17.7 Å². The Labute approximate surface area is 132 Å². The quantitative estimate of drug-likeness (QED) is 0.714. The third-order valence-electron chi connectivity index (χ3n) is 3.84. The van der Waals surface area contributed by atoms with Crippen molar-refractivity contribution in [2.45, 2.75) is 13.0 Å². The van der Waals surface area contributed by atoms with Gasteiger partial charge in [-0.25, -0.2) is 8.78 Å². The van der Waals surface area contributed by atoms with Crippen LogP contribution in [-0.4, -0.2) is 4.57 Å². The van der Waals surface area contributed by atoms with E-state index in [4.69, 9.17) is 0 Å². The van der Waals surface area contributed by atoms with Crippen LogP contribution < -0.4 is 5.56 Å². The van der Waals surface area contributed by atoms with Crippen LogP contribution in [0.1, 0.15) is 22.7 Å². The third-order valence-corrected chi connectivity index (χ3v) is 3.84. The van der Waals surface area contributed by atoms with Gasteiger partial charge >= 0.3 is 0 Å². The second kappa shape index (κ2) is 6.16. The smallest absolute Gasteiger partial charge is 0.254 e. The Hall–Kier alpha value is -2.75. The van der Waals surface area contributed by atoms with Gasteiger partial charge in [0.25, 0.3) is 5.56 Å². The summed E-state index contributed by atoms with van der Waals surface area (Å²) in [5, 5.41) is 0. The molecule has 116 valence electrons. The van der Waals surface area contributed by atoms with E-state index in [-0.39, 0.29) is 16.7 Å². The SMILES string of the molecule is Cc1cccn(C(c2ccccc2F)c2ccccc2F)c1=O. The van der Waals surface area contributed by atoms with Crippen molar-refractivity contribution in [3.05, 3.63) is 106 Å². The van der Waals surface area contributed by atoms with E-state index in [2.05, 4.69) is 0 Å². The Morgan fingerprint density at radius 2 is 1.35 bits per heavy atom. The fourth-order valence-corrected chi connectivity index (χ4v) is 2.69. The Balaban J connectivity index is 2.32. The number of benzene rings is 2. The summed E-state index contributed by atoms with van der Waals surface area (Å²) in [6, 6.07) is 14.8. The molecule has 0 aliphatic rings. The number of aryl methyl sites for hydroxylation is 1.